The minimum absolute atomic E-state index is 0.229. The number of carbonyl (C=O) groups is 1. The zero-order valence-corrected chi connectivity index (χ0v) is 17.1. The Hall–Kier alpha value is -2.54. The molecule has 146 valence electrons. The summed E-state index contributed by atoms with van der Waals surface area (Å²) in [6.45, 7) is 7.57. The van der Waals surface area contributed by atoms with Gasteiger partial charge in [-0.3, -0.25) is 4.72 Å². The van der Waals surface area contributed by atoms with E-state index >= 15 is 0 Å². The fraction of sp³-hybridized carbons (Fsp3) is 0.350. The molecule has 2 aromatic carbocycles. The van der Waals surface area contributed by atoms with Crippen molar-refractivity contribution in [2.75, 3.05) is 18.4 Å². The van der Waals surface area contributed by atoms with E-state index in [1.165, 1.54) is 12.1 Å². The molecule has 0 saturated carbocycles. The zero-order valence-electron chi connectivity index (χ0n) is 16.3. The number of anilines is 1. The molecule has 0 fully saturated rings. The van der Waals surface area contributed by atoms with Gasteiger partial charge in [-0.15, -0.1) is 0 Å². The third-order valence-corrected chi connectivity index (χ3v) is 5.95. The number of esters is 1. The second-order valence-corrected chi connectivity index (χ2v) is 7.91. The van der Waals surface area contributed by atoms with Crippen LogP contribution in [0.25, 0.3) is 0 Å². The Bertz CT molecular complexity index is 934. The van der Waals surface area contributed by atoms with Crippen molar-refractivity contribution < 1.29 is 22.7 Å². The van der Waals surface area contributed by atoms with Crippen LogP contribution in [0.2, 0.25) is 0 Å². The van der Waals surface area contributed by atoms with Gasteiger partial charge in [-0.25, -0.2) is 13.2 Å². The number of rotatable bonds is 7. The molecule has 0 amide bonds. The molecule has 6 nitrogen and oxygen atoms in total. The highest BCUT2D eigenvalue weighted by atomic mass is 32.2. The van der Waals surface area contributed by atoms with E-state index in [-0.39, 0.29) is 4.90 Å². The van der Waals surface area contributed by atoms with Gasteiger partial charge in [0.1, 0.15) is 5.75 Å². The number of sulfonamides is 1. The van der Waals surface area contributed by atoms with Crippen LogP contribution in [0, 0.1) is 20.8 Å². The molecule has 1 N–H and O–H groups in total. The van der Waals surface area contributed by atoms with Crippen LogP contribution in [0.4, 0.5) is 5.69 Å². The lowest BCUT2D eigenvalue weighted by Gasteiger charge is -2.17. The number of ether oxygens (including phenoxy) is 2. The van der Waals surface area contributed by atoms with Gasteiger partial charge < -0.3 is 9.47 Å². The summed E-state index contributed by atoms with van der Waals surface area (Å²) < 4.78 is 38.8. The molecule has 0 aliphatic heterocycles. The normalized spacial score (nSPS) is 11.1. The molecule has 2 rings (SSSR count). The minimum atomic E-state index is -3.79. The highest BCUT2D eigenvalue weighted by molar-refractivity contribution is 7.92. The van der Waals surface area contributed by atoms with Crippen LogP contribution in [0.1, 0.15) is 40.4 Å². The van der Waals surface area contributed by atoms with Crippen molar-refractivity contribution >= 4 is 21.7 Å². The Balaban J connectivity index is 2.29. The van der Waals surface area contributed by atoms with Gasteiger partial charge in [-0.2, -0.15) is 0 Å². The first-order valence-corrected chi connectivity index (χ1v) is 10.1. The Morgan fingerprint density at radius 1 is 1.07 bits per heavy atom. The summed E-state index contributed by atoms with van der Waals surface area (Å²) >= 11 is 0. The van der Waals surface area contributed by atoms with Crippen molar-refractivity contribution in [1.29, 1.82) is 0 Å². The van der Waals surface area contributed by atoms with E-state index in [1.54, 1.807) is 39.2 Å². The topological polar surface area (TPSA) is 81.7 Å². The van der Waals surface area contributed by atoms with Crippen LogP contribution in [0.5, 0.6) is 5.75 Å². The SMILES string of the molecule is CCCOC(=O)c1ccc(NS(=O)(=O)c2c(C)cc(OC)c(C)c2C)cc1. The van der Waals surface area contributed by atoms with Crippen LogP contribution in [-0.2, 0) is 14.8 Å². The van der Waals surface area contributed by atoms with Crippen molar-refractivity contribution in [3.05, 3.63) is 52.6 Å². The van der Waals surface area contributed by atoms with Crippen molar-refractivity contribution in [3.63, 3.8) is 0 Å². The Kier molecular flexibility index (Phi) is 6.49. The molecule has 0 unspecified atom stereocenters. The summed E-state index contributed by atoms with van der Waals surface area (Å²) in [7, 11) is -2.23. The number of aryl methyl sites for hydroxylation is 1. The van der Waals surface area contributed by atoms with E-state index in [0.29, 0.717) is 34.7 Å². The van der Waals surface area contributed by atoms with Crippen LogP contribution in [0.3, 0.4) is 0 Å². The number of methoxy groups -OCH3 is 1. The third-order valence-electron chi connectivity index (χ3n) is 4.28. The zero-order chi connectivity index (χ0) is 20.2. The standard InChI is InChI=1S/C20H25NO5S/c1-6-11-26-20(22)16-7-9-17(10-8-16)21-27(23,24)19-13(2)12-18(25-5)14(3)15(19)4/h7-10,12,21H,6,11H2,1-5H3. The monoisotopic (exact) mass is 391 g/mol. The molecule has 0 radical (unpaired) electrons. The maximum absolute atomic E-state index is 12.9. The molecule has 0 bridgehead atoms. The summed E-state index contributed by atoms with van der Waals surface area (Å²) in [5.74, 6) is 0.225. The molecule has 0 saturated heterocycles. The number of hydrogen-bond acceptors (Lipinski definition) is 5. The summed E-state index contributed by atoms with van der Waals surface area (Å²) in [6, 6.07) is 7.87. The number of hydrogen-bond donors (Lipinski definition) is 1. The van der Waals surface area contributed by atoms with Gasteiger partial charge in [0.15, 0.2) is 0 Å². The summed E-state index contributed by atoms with van der Waals surface area (Å²) in [5.41, 5.74) is 2.76. The molecule has 0 spiro atoms. The minimum Gasteiger partial charge on any atom is -0.496 e. The maximum atomic E-state index is 12.9. The van der Waals surface area contributed by atoms with Crippen LogP contribution < -0.4 is 9.46 Å². The smallest absolute Gasteiger partial charge is 0.338 e. The first-order valence-electron chi connectivity index (χ1n) is 8.66. The van der Waals surface area contributed by atoms with E-state index in [2.05, 4.69) is 4.72 Å². The van der Waals surface area contributed by atoms with Crippen molar-refractivity contribution in [2.24, 2.45) is 0 Å². The quantitative estimate of drug-likeness (QED) is 0.722. The number of benzene rings is 2. The first-order chi connectivity index (χ1) is 12.7. The predicted molar refractivity (Wildman–Crippen MR) is 105 cm³/mol. The first kappa shape index (κ1) is 20.8. The second kappa shape index (κ2) is 8.43. The predicted octanol–water partition coefficient (Wildman–Crippen LogP) is 3.99. The van der Waals surface area contributed by atoms with Gasteiger partial charge in [0.05, 0.1) is 24.2 Å². The van der Waals surface area contributed by atoms with Crippen molar-refractivity contribution in [3.8, 4) is 5.75 Å². The van der Waals surface area contributed by atoms with Gasteiger partial charge in [-0.05, 0) is 74.2 Å². The van der Waals surface area contributed by atoms with Gasteiger partial charge in [-0.1, -0.05) is 6.92 Å². The van der Waals surface area contributed by atoms with Gasteiger partial charge >= 0.3 is 5.97 Å². The molecular formula is C20H25NO5S. The molecule has 0 atom stereocenters. The van der Waals surface area contributed by atoms with Crippen LogP contribution >= 0.6 is 0 Å². The lowest BCUT2D eigenvalue weighted by molar-refractivity contribution is 0.0505. The molecule has 27 heavy (non-hydrogen) atoms. The van der Waals surface area contributed by atoms with Gasteiger partial charge in [0.25, 0.3) is 10.0 Å². The van der Waals surface area contributed by atoms with Crippen molar-refractivity contribution in [1.82, 2.24) is 0 Å². The largest absolute Gasteiger partial charge is 0.496 e. The lowest BCUT2D eigenvalue weighted by Crippen LogP contribution is -2.17. The lowest BCUT2D eigenvalue weighted by atomic mass is 10.1. The third kappa shape index (κ3) is 4.60. The summed E-state index contributed by atoms with van der Waals surface area (Å²) in [4.78, 5) is 12.1. The average molecular weight is 391 g/mol. The molecule has 2 aromatic rings. The maximum Gasteiger partial charge on any atom is 0.338 e. The van der Waals surface area contributed by atoms with E-state index in [9.17, 15) is 13.2 Å². The molecule has 0 aliphatic rings. The van der Waals surface area contributed by atoms with Crippen LogP contribution in [-0.4, -0.2) is 28.1 Å². The molecule has 7 heteroatoms. The van der Waals surface area contributed by atoms with E-state index in [0.717, 1.165) is 12.0 Å². The Morgan fingerprint density at radius 2 is 1.70 bits per heavy atom. The molecule has 0 aromatic heterocycles. The fourth-order valence-corrected chi connectivity index (χ4v) is 4.39. The highest BCUT2D eigenvalue weighted by Gasteiger charge is 2.23. The van der Waals surface area contributed by atoms with E-state index in [1.807, 2.05) is 13.8 Å². The van der Waals surface area contributed by atoms with Crippen molar-refractivity contribution in [2.45, 2.75) is 39.0 Å². The molecule has 0 heterocycles. The number of nitrogens with one attached hydrogen (secondary N) is 1. The summed E-state index contributed by atoms with van der Waals surface area (Å²) in [5, 5.41) is 0. The van der Waals surface area contributed by atoms with Gasteiger partial charge in [0, 0.05) is 5.69 Å². The Labute approximate surface area is 160 Å². The van der Waals surface area contributed by atoms with Gasteiger partial charge in [0.2, 0.25) is 0 Å². The summed E-state index contributed by atoms with van der Waals surface area (Å²) in [6.07, 6.45) is 0.740. The molecule has 0 aliphatic carbocycles. The number of carbonyl (C=O) groups excluding carboxylic acids is 1. The second-order valence-electron chi connectivity index (χ2n) is 6.29. The average Bonchev–Trinajstić information content (AvgIpc) is 2.62. The van der Waals surface area contributed by atoms with E-state index in [4.69, 9.17) is 9.47 Å². The highest BCUT2D eigenvalue weighted by Crippen LogP contribution is 2.31. The van der Waals surface area contributed by atoms with E-state index < -0.39 is 16.0 Å². The molecular weight excluding hydrogens is 366 g/mol. The fourth-order valence-electron chi connectivity index (χ4n) is 2.81. The van der Waals surface area contributed by atoms with Crippen LogP contribution in [0.15, 0.2) is 35.2 Å². The Morgan fingerprint density at radius 3 is 2.26 bits per heavy atom.